The molecule has 0 unspecified atom stereocenters. The first-order valence-corrected chi connectivity index (χ1v) is 8.91. The van der Waals surface area contributed by atoms with E-state index in [0.717, 1.165) is 5.56 Å². The van der Waals surface area contributed by atoms with Crippen molar-refractivity contribution in [1.29, 1.82) is 0 Å². The second-order valence-corrected chi connectivity index (χ2v) is 7.35. The third kappa shape index (κ3) is 2.93. The van der Waals surface area contributed by atoms with Crippen LogP contribution < -0.4 is 15.6 Å². The summed E-state index contributed by atoms with van der Waals surface area (Å²) in [5.41, 5.74) is 0.704. The zero-order valence-corrected chi connectivity index (χ0v) is 15.8. The summed E-state index contributed by atoms with van der Waals surface area (Å²) in [5.74, 6) is -0.0350. The molecule has 1 aliphatic heterocycles. The Kier molecular flexibility index (Phi) is 4.00. The highest BCUT2D eigenvalue weighted by molar-refractivity contribution is 6.07. The second-order valence-electron chi connectivity index (χ2n) is 7.35. The lowest BCUT2D eigenvalue weighted by Crippen LogP contribution is -2.28. The SMILES string of the molecule is Cn1c(=O)c(NC(=O)c2ccc3c(c2)C=CC(C)(C)O3)c(O)c2ccccc21. The van der Waals surface area contributed by atoms with Crippen LogP contribution in [-0.2, 0) is 7.05 Å². The molecule has 4 rings (SSSR count). The third-order valence-corrected chi connectivity index (χ3v) is 4.82. The van der Waals surface area contributed by atoms with Gasteiger partial charge in [-0.15, -0.1) is 0 Å². The van der Waals surface area contributed by atoms with Gasteiger partial charge >= 0.3 is 0 Å². The number of hydrogen-bond donors (Lipinski definition) is 2. The number of aromatic nitrogens is 1. The van der Waals surface area contributed by atoms with E-state index in [9.17, 15) is 14.7 Å². The molecular formula is C22H20N2O4. The Bertz CT molecular complexity index is 1210. The van der Waals surface area contributed by atoms with E-state index in [-0.39, 0.29) is 11.4 Å². The fourth-order valence-corrected chi connectivity index (χ4v) is 3.30. The smallest absolute Gasteiger partial charge is 0.278 e. The standard InChI is InChI=1S/C22H20N2O4/c1-22(2)11-10-13-12-14(8-9-17(13)28-22)20(26)23-18-19(25)15-6-4-5-7-16(15)24(3)21(18)27/h4-12,25H,1-3H3,(H,23,26). The van der Waals surface area contributed by atoms with Gasteiger partial charge in [0.05, 0.1) is 5.52 Å². The fraction of sp³-hybridized carbons (Fsp3) is 0.182. The molecule has 0 spiro atoms. The molecule has 2 heterocycles. The van der Waals surface area contributed by atoms with Crippen LogP contribution in [0.25, 0.3) is 17.0 Å². The van der Waals surface area contributed by atoms with E-state index < -0.39 is 17.1 Å². The Labute approximate surface area is 161 Å². The Morgan fingerprint density at radius 3 is 2.71 bits per heavy atom. The minimum Gasteiger partial charge on any atom is -0.505 e. The lowest BCUT2D eigenvalue weighted by atomic mass is 10.0. The molecule has 0 saturated heterocycles. The van der Waals surface area contributed by atoms with E-state index in [0.29, 0.717) is 22.2 Å². The zero-order valence-electron chi connectivity index (χ0n) is 15.8. The summed E-state index contributed by atoms with van der Waals surface area (Å²) >= 11 is 0. The first kappa shape index (κ1) is 17.9. The van der Waals surface area contributed by atoms with Crippen molar-refractivity contribution in [2.75, 3.05) is 5.32 Å². The van der Waals surface area contributed by atoms with Gasteiger partial charge in [0.25, 0.3) is 11.5 Å². The van der Waals surface area contributed by atoms with Gasteiger partial charge in [-0.2, -0.15) is 0 Å². The van der Waals surface area contributed by atoms with Crippen LogP contribution in [0.1, 0.15) is 29.8 Å². The van der Waals surface area contributed by atoms with Crippen molar-refractivity contribution in [3.05, 3.63) is 70.0 Å². The summed E-state index contributed by atoms with van der Waals surface area (Å²) in [7, 11) is 1.60. The summed E-state index contributed by atoms with van der Waals surface area (Å²) in [4.78, 5) is 25.4. The van der Waals surface area contributed by atoms with Gasteiger partial charge in [0, 0.05) is 23.6 Å². The van der Waals surface area contributed by atoms with Crippen molar-refractivity contribution in [2.45, 2.75) is 19.4 Å². The van der Waals surface area contributed by atoms with Crippen LogP contribution in [0, 0.1) is 0 Å². The number of benzene rings is 2. The highest BCUT2D eigenvalue weighted by atomic mass is 16.5. The van der Waals surface area contributed by atoms with Crippen LogP contribution in [0.15, 0.2) is 53.3 Å². The van der Waals surface area contributed by atoms with E-state index >= 15 is 0 Å². The number of para-hydroxylation sites is 1. The molecule has 1 aliphatic rings. The number of amides is 1. The number of aromatic hydroxyl groups is 1. The van der Waals surface area contributed by atoms with Gasteiger partial charge in [-0.1, -0.05) is 18.2 Å². The molecule has 6 heteroatoms. The number of pyridine rings is 1. The lowest BCUT2D eigenvalue weighted by molar-refractivity contribution is 0.102. The molecule has 0 atom stereocenters. The summed E-state index contributed by atoms with van der Waals surface area (Å²) < 4.78 is 7.26. The Morgan fingerprint density at radius 2 is 1.93 bits per heavy atom. The number of fused-ring (bicyclic) bond motifs is 2. The van der Waals surface area contributed by atoms with Crippen LogP contribution in [-0.4, -0.2) is 21.2 Å². The van der Waals surface area contributed by atoms with Gasteiger partial charge in [0.2, 0.25) is 0 Å². The average Bonchev–Trinajstić information content (AvgIpc) is 2.68. The highest BCUT2D eigenvalue weighted by Crippen LogP contribution is 2.32. The average molecular weight is 376 g/mol. The molecule has 2 aromatic carbocycles. The molecule has 0 saturated carbocycles. The highest BCUT2D eigenvalue weighted by Gasteiger charge is 2.23. The van der Waals surface area contributed by atoms with Crippen LogP contribution in [0.2, 0.25) is 0 Å². The maximum Gasteiger partial charge on any atom is 0.278 e. The minimum absolute atomic E-state index is 0.142. The van der Waals surface area contributed by atoms with Crippen molar-refractivity contribution in [3.8, 4) is 11.5 Å². The van der Waals surface area contributed by atoms with E-state index in [2.05, 4.69) is 5.32 Å². The summed E-state index contributed by atoms with van der Waals surface area (Å²) in [6.07, 6.45) is 3.82. The normalized spacial score (nSPS) is 14.4. The van der Waals surface area contributed by atoms with Gasteiger partial charge in [0.15, 0.2) is 11.4 Å². The van der Waals surface area contributed by atoms with E-state index in [1.54, 1.807) is 49.5 Å². The molecule has 0 fully saturated rings. The maximum absolute atomic E-state index is 12.7. The molecule has 1 aromatic heterocycles. The predicted molar refractivity (Wildman–Crippen MR) is 109 cm³/mol. The quantitative estimate of drug-likeness (QED) is 0.715. The van der Waals surface area contributed by atoms with Crippen molar-refractivity contribution in [1.82, 2.24) is 4.57 Å². The minimum atomic E-state index is -0.483. The fourth-order valence-electron chi connectivity index (χ4n) is 3.30. The Hall–Kier alpha value is -3.54. The summed E-state index contributed by atoms with van der Waals surface area (Å²) in [6, 6.07) is 12.0. The zero-order chi connectivity index (χ0) is 20.1. The lowest BCUT2D eigenvalue weighted by Gasteiger charge is -2.27. The summed E-state index contributed by atoms with van der Waals surface area (Å²) in [6.45, 7) is 3.90. The molecule has 6 nitrogen and oxygen atoms in total. The molecule has 2 N–H and O–H groups in total. The number of carbonyl (C=O) groups excluding carboxylic acids is 1. The number of hydrogen-bond acceptors (Lipinski definition) is 4. The number of nitrogens with one attached hydrogen (secondary N) is 1. The van der Waals surface area contributed by atoms with Gasteiger partial charge in [-0.25, -0.2) is 0 Å². The molecule has 0 aliphatic carbocycles. The second kappa shape index (κ2) is 6.27. The number of carbonyl (C=O) groups is 1. The summed E-state index contributed by atoms with van der Waals surface area (Å²) in [5, 5.41) is 13.6. The Balaban J connectivity index is 1.71. The molecule has 3 aromatic rings. The largest absolute Gasteiger partial charge is 0.505 e. The van der Waals surface area contributed by atoms with Crippen LogP contribution in [0.4, 0.5) is 5.69 Å². The molecular weight excluding hydrogens is 356 g/mol. The monoisotopic (exact) mass is 376 g/mol. The number of rotatable bonds is 2. The topological polar surface area (TPSA) is 80.6 Å². The molecule has 1 amide bonds. The van der Waals surface area contributed by atoms with Crippen molar-refractivity contribution in [3.63, 3.8) is 0 Å². The molecule has 142 valence electrons. The van der Waals surface area contributed by atoms with E-state index in [4.69, 9.17) is 4.74 Å². The number of aryl methyl sites for hydroxylation is 1. The first-order valence-electron chi connectivity index (χ1n) is 8.91. The van der Waals surface area contributed by atoms with Crippen molar-refractivity contribution < 1.29 is 14.6 Å². The van der Waals surface area contributed by atoms with Gasteiger partial charge in [-0.3, -0.25) is 9.59 Å². The number of anilines is 1. The van der Waals surface area contributed by atoms with Crippen LogP contribution >= 0.6 is 0 Å². The van der Waals surface area contributed by atoms with Crippen molar-refractivity contribution in [2.24, 2.45) is 7.05 Å². The van der Waals surface area contributed by atoms with Crippen LogP contribution in [0.5, 0.6) is 11.5 Å². The molecule has 28 heavy (non-hydrogen) atoms. The Morgan fingerprint density at radius 1 is 1.18 bits per heavy atom. The van der Waals surface area contributed by atoms with Gasteiger partial charge < -0.3 is 19.7 Å². The third-order valence-electron chi connectivity index (χ3n) is 4.82. The molecule has 0 radical (unpaired) electrons. The van der Waals surface area contributed by atoms with E-state index in [1.807, 2.05) is 26.0 Å². The van der Waals surface area contributed by atoms with Crippen molar-refractivity contribution >= 4 is 28.6 Å². The van der Waals surface area contributed by atoms with E-state index in [1.165, 1.54) is 4.57 Å². The number of nitrogens with zero attached hydrogens (tertiary/aromatic N) is 1. The molecule has 0 bridgehead atoms. The van der Waals surface area contributed by atoms with Gasteiger partial charge in [0.1, 0.15) is 11.4 Å². The predicted octanol–water partition coefficient (Wildman–Crippen LogP) is 3.68. The van der Waals surface area contributed by atoms with Gasteiger partial charge in [-0.05, 0) is 50.3 Å². The van der Waals surface area contributed by atoms with Crippen LogP contribution in [0.3, 0.4) is 0 Å². The number of ether oxygens (including phenoxy) is 1. The maximum atomic E-state index is 12.7. The first-order chi connectivity index (χ1) is 13.3.